The molecule has 5 atom stereocenters. The molecule has 0 spiro atoms. The molecule has 7 rings (SSSR count). The van der Waals surface area contributed by atoms with Gasteiger partial charge in [0.15, 0.2) is 40.5 Å². The highest BCUT2D eigenvalue weighted by molar-refractivity contribution is 8.77. The van der Waals surface area contributed by atoms with Crippen LogP contribution in [-0.4, -0.2) is 136 Å². The van der Waals surface area contributed by atoms with E-state index in [0.29, 0.717) is 11.1 Å². The smallest absolute Gasteiger partial charge is 0.416 e. The second-order valence-corrected chi connectivity index (χ2v) is 17.6. The Morgan fingerprint density at radius 2 is 1.41 bits per heavy atom. The maximum absolute atomic E-state index is 14.0. The molecule has 2 saturated heterocycles. The standard InChI is InChI=1S/C41H44N6O14S2/c1-21-12-29-38(50)45(40(52)53)27-16-33(31(57-4)14-24(27)36(48)43(29)18-21)59-10-7-11-60-34-17-28-25(15-32(34)58-5)37(49)44-19-22(2)13-30(44)39(51)46(28)41(54)61-20-23(3)62-63-35-26(47(55)56)8-6-9-42-35/h6,8-9,14-17,23,29-30,38-39,50-51H,1-2,7,10-13,18-20H2,3-5H3,(H,52,53)/t23-,29+,30+,38+,39+/m1/s1. The fourth-order valence-electron chi connectivity index (χ4n) is 7.80. The van der Waals surface area contributed by atoms with Crippen LogP contribution in [0.3, 0.4) is 0 Å². The molecule has 0 aliphatic carbocycles. The van der Waals surface area contributed by atoms with Crippen molar-refractivity contribution in [2.24, 2.45) is 0 Å². The summed E-state index contributed by atoms with van der Waals surface area (Å²) in [6.07, 6.45) is -3.43. The number of benzene rings is 2. The molecule has 20 nitrogen and oxygen atoms in total. The summed E-state index contributed by atoms with van der Waals surface area (Å²) in [5.74, 6) is -0.444. The molecule has 0 saturated carbocycles. The minimum absolute atomic E-state index is 0.00110. The van der Waals surface area contributed by atoms with E-state index in [1.54, 1.807) is 6.92 Å². The van der Waals surface area contributed by atoms with E-state index < -0.39 is 53.5 Å². The first-order valence-corrected chi connectivity index (χ1v) is 21.8. The van der Waals surface area contributed by atoms with Crippen molar-refractivity contribution in [1.29, 1.82) is 0 Å². The minimum Gasteiger partial charge on any atom is -0.493 e. The molecular formula is C41H44N6O14S2. The Kier molecular flexibility index (Phi) is 13.3. The maximum Gasteiger partial charge on any atom is 0.416 e. The molecule has 334 valence electrons. The summed E-state index contributed by atoms with van der Waals surface area (Å²) < 4.78 is 28.9. The first-order valence-electron chi connectivity index (χ1n) is 19.5. The molecule has 0 radical (unpaired) electrons. The average Bonchev–Trinajstić information content (AvgIpc) is 3.82. The zero-order valence-electron chi connectivity index (χ0n) is 34.3. The number of hydrogen-bond donors (Lipinski definition) is 3. The van der Waals surface area contributed by atoms with E-state index in [4.69, 9.17) is 23.7 Å². The SMILES string of the molecule is C=C1C[C@H]2[C@H](O)N(C(=O)O)c3cc(OCCCOc4cc5c(cc4OC)C(=O)N4CC(=C)C[C@H]4[C@H](O)N5C(=O)OC[C@@H](C)SSc4ncccc4[N+](=O)[O-])c(OC)cc3C(=O)N2C1. The molecule has 4 amide bonds. The Morgan fingerprint density at radius 1 is 0.889 bits per heavy atom. The highest BCUT2D eigenvalue weighted by atomic mass is 33.1. The van der Waals surface area contributed by atoms with Gasteiger partial charge in [-0.1, -0.05) is 35.1 Å². The number of methoxy groups -OCH3 is 2. The number of hydrogen-bond acceptors (Lipinski definition) is 16. The predicted molar refractivity (Wildman–Crippen MR) is 229 cm³/mol. The van der Waals surface area contributed by atoms with Gasteiger partial charge in [0.05, 0.1) is 66.9 Å². The number of amides is 4. The summed E-state index contributed by atoms with van der Waals surface area (Å²) in [7, 11) is 5.00. The number of pyridine rings is 1. The number of carbonyl (C=O) groups is 4. The molecule has 4 aliphatic rings. The van der Waals surface area contributed by atoms with E-state index in [-0.39, 0.29) is 114 Å². The maximum atomic E-state index is 14.0. The van der Waals surface area contributed by atoms with Gasteiger partial charge < -0.3 is 48.8 Å². The third-order valence-corrected chi connectivity index (χ3v) is 13.5. The quantitative estimate of drug-likeness (QED) is 0.0609. The largest absolute Gasteiger partial charge is 0.493 e. The van der Waals surface area contributed by atoms with Gasteiger partial charge in [0.1, 0.15) is 6.61 Å². The molecule has 0 unspecified atom stereocenters. The lowest BCUT2D eigenvalue weighted by Gasteiger charge is -2.31. The van der Waals surface area contributed by atoms with Crippen LogP contribution in [0.15, 0.2) is 71.9 Å². The first kappa shape index (κ1) is 44.8. The van der Waals surface area contributed by atoms with E-state index in [1.165, 1.54) is 77.4 Å². The molecule has 22 heteroatoms. The van der Waals surface area contributed by atoms with Gasteiger partial charge in [0.2, 0.25) is 0 Å². The van der Waals surface area contributed by atoms with Crippen molar-refractivity contribution in [3.05, 3.63) is 88.1 Å². The number of anilines is 2. The molecule has 2 fully saturated rings. The summed E-state index contributed by atoms with van der Waals surface area (Å²) in [5.41, 5.74) is 1.18. The molecule has 4 aliphatic heterocycles. The van der Waals surface area contributed by atoms with Crippen molar-refractivity contribution in [2.45, 2.75) is 61.0 Å². The van der Waals surface area contributed by atoms with Crippen LogP contribution in [0.2, 0.25) is 0 Å². The number of nitrogens with zero attached hydrogens (tertiary/aromatic N) is 6. The van der Waals surface area contributed by atoms with Crippen molar-refractivity contribution >= 4 is 62.7 Å². The Hall–Kier alpha value is -6.23. The lowest BCUT2D eigenvalue weighted by Crippen LogP contribution is -2.51. The summed E-state index contributed by atoms with van der Waals surface area (Å²) >= 11 is 0. The third-order valence-electron chi connectivity index (χ3n) is 10.8. The lowest BCUT2D eigenvalue weighted by atomic mass is 10.1. The Balaban J connectivity index is 1.07. The molecule has 3 aromatic rings. The summed E-state index contributed by atoms with van der Waals surface area (Å²) in [4.78, 5) is 73.6. The van der Waals surface area contributed by atoms with E-state index in [9.17, 15) is 44.6 Å². The Morgan fingerprint density at radius 3 is 1.92 bits per heavy atom. The Labute approximate surface area is 368 Å². The molecule has 5 heterocycles. The van der Waals surface area contributed by atoms with Crippen molar-refractivity contribution in [2.75, 3.05) is 56.9 Å². The topological polar surface area (TPSA) is 244 Å². The van der Waals surface area contributed by atoms with Crippen LogP contribution in [0, 0.1) is 10.1 Å². The highest BCUT2D eigenvalue weighted by Crippen LogP contribution is 2.44. The van der Waals surface area contributed by atoms with E-state index >= 15 is 0 Å². The minimum atomic E-state index is -1.57. The number of ether oxygens (including phenoxy) is 5. The van der Waals surface area contributed by atoms with Crippen LogP contribution in [0.1, 0.15) is 46.9 Å². The average molecular weight is 909 g/mol. The van der Waals surface area contributed by atoms with E-state index in [0.717, 1.165) is 20.6 Å². The molecular weight excluding hydrogens is 865 g/mol. The lowest BCUT2D eigenvalue weighted by molar-refractivity contribution is -0.388. The van der Waals surface area contributed by atoms with E-state index in [2.05, 4.69) is 18.1 Å². The normalized spacial score (nSPS) is 20.8. The second kappa shape index (κ2) is 18.6. The van der Waals surface area contributed by atoms with Gasteiger partial charge in [-0.3, -0.25) is 19.7 Å². The second-order valence-electron chi connectivity index (χ2n) is 15.0. The van der Waals surface area contributed by atoms with Crippen LogP contribution in [-0.2, 0) is 4.74 Å². The van der Waals surface area contributed by atoms with Crippen molar-refractivity contribution in [1.82, 2.24) is 14.8 Å². The summed E-state index contributed by atoms with van der Waals surface area (Å²) in [5, 5.41) is 44.3. The summed E-state index contributed by atoms with van der Waals surface area (Å²) in [6, 6.07) is 6.66. The summed E-state index contributed by atoms with van der Waals surface area (Å²) in [6.45, 7) is 9.81. The fraction of sp³-hybridized carbons (Fsp3) is 0.390. The highest BCUT2D eigenvalue weighted by Gasteiger charge is 2.48. The van der Waals surface area contributed by atoms with E-state index in [1.807, 2.05) is 0 Å². The van der Waals surface area contributed by atoms with Gasteiger partial charge in [-0.25, -0.2) is 24.4 Å². The van der Waals surface area contributed by atoms with Gasteiger partial charge in [-0.05, 0) is 48.8 Å². The zero-order chi connectivity index (χ0) is 45.3. The number of fused-ring (bicyclic) bond motifs is 4. The van der Waals surface area contributed by atoms with Crippen molar-refractivity contribution in [3.8, 4) is 23.0 Å². The number of carbonyl (C=O) groups excluding carboxylic acids is 3. The zero-order valence-corrected chi connectivity index (χ0v) is 36.0. The fourth-order valence-corrected chi connectivity index (χ4v) is 9.83. The van der Waals surface area contributed by atoms with Crippen LogP contribution in [0.5, 0.6) is 23.0 Å². The first-order chi connectivity index (χ1) is 30.1. The van der Waals surface area contributed by atoms with Crippen LogP contribution < -0.4 is 28.7 Å². The van der Waals surface area contributed by atoms with Gasteiger partial charge in [0.25, 0.3) is 11.8 Å². The van der Waals surface area contributed by atoms with Crippen molar-refractivity contribution in [3.63, 3.8) is 0 Å². The number of nitro groups is 1. The number of carboxylic acid groups (broad SMARTS) is 1. The van der Waals surface area contributed by atoms with Crippen molar-refractivity contribution < 1.29 is 63.1 Å². The Bertz CT molecular complexity index is 2370. The molecule has 2 aromatic carbocycles. The number of rotatable bonds is 14. The van der Waals surface area contributed by atoms with Gasteiger partial charge in [-0.2, -0.15) is 0 Å². The molecule has 0 bridgehead atoms. The van der Waals surface area contributed by atoms with Crippen LogP contribution >= 0.6 is 21.6 Å². The molecule has 3 N–H and O–H groups in total. The van der Waals surface area contributed by atoms with Crippen LogP contribution in [0.4, 0.5) is 26.7 Å². The van der Waals surface area contributed by atoms with Gasteiger partial charge in [-0.15, -0.1) is 0 Å². The predicted octanol–water partition coefficient (Wildman–Crippen LogP) is 5.32. The van der Waals surface area contributed by atoms with Crippen LogP contribution in [0.25, 0.3) is 0 Å². The van der Waals surface area contributed by atoms with Gasteiger partial charge in [0, 0.05) is 49.2 Å². The number of aromatic nitrogens is 1. The monoisotopic (exact) mass is 908 g/mol. The number of aliphatic hydroxyl groups excluding tert-OH is 2. The molecule has 1 aromatic heterocycles. The number of aliphatic hydroxyl groups is 2. The molecule has 63 heavy (non-hydrogen) atoms. The third kappa shape index (κ3) is 8.88. The van der Waals surface area contributed by atoms with Gasteiger partial charge >= 0.3 is 17.9 Å².